The van der Waals surface area contributed by atoms with Gasteiger partial charge < -0.3 is 14.9 Å². The molecule has 1 spiro atoms. The van der Waals surface area contributed by atoms with Crippen LogP contribution < -0.4 is 10.2 Å². The van der Waals surface area contributed by atoms with Gasteiger partial charge in [-0.1, -0.05) is 24.3 Å². The lowest BCUT2D eigenvalue weighted by Crippen LogP contribution is -2.54. The summed E-state index contributed by atoms with van der Waals surface area (Å²) in [4.78, 5) is 76.7. The molecule has 5 amide bonds. The summed E-state index contributed by atoms with van der Waals surface area (Å²) in [7, 11) is 0. The van der Waals surface area contributed by atoms with E-state index in [2.05, 4.69) is 27.2 Å². The molecule has 3 aromatic carbocycles. The van der Waals surface area contributed by atoms with Crippen LogP contribution in [-0.2, 0) is 33.9 Å². The molecule has 5 aliphatic heterocycles. The summed E-state index contributed by atoms with van der Waals surface area (Å²) in [5.41, 5.74) is 7.05. The van der Waals surface area contributed by atoms with Crippen molar-refractivity contribution in [1.82, 2.24) is 25.0 Å². The number of likely N-dealkylation sites (tertiary alicyclic amines) is 1. The van der Waals surface area contributed by atoms with Gasteiger partial charge in [0.1, 0.15) is 23.4 Å². The van der Waals surface area contributed by atoms with Crippen LogP contribution in [0.1, 0.15) is 111 Å². The highest BCUT2D eigenvalue weighted by Gasteiger charge is 2.46. The van der Waals surface area contributed by atoms with Crippen molar-refractivity contribution in [3.05, 3.63) is 123 Å². The Balaban J connectivity index is 0.733. The quantitative estimate of drug-likeness (QED) is 0.245. The fraction of sp³-hybridized carbons (Fsp3) is 0.404. The summed E-state index contributed by atoms with van der Waals surface area (Å²) in [6.07, 6.45) is 7.91. The molecule has 1 unspecified atom stereocenters. The predicted octanol–water partition coefficient (Wildman–Crippen LogP) is 5.41. The van der Waals surface area contributed by atoms with Crippen LogP contribution in [0.5, 0.6) is 5.75 Å². The van der Waals surface area contributed by atoms with Crippen molar-refractivity contribution in [2.75, 3.05) is 37.6 Å². The lowest BCUT2D eigenvalue weighted by atomic mass is 9.69. The summed E-state index contributed by atoms with van der Waals surface area (Å²) < 4.78 is 13.9. The number of carbonyl (C=O) groups excluding carboxylic acids is 5. The average molecular weight is 811 g/mol. The van der Waals surface area contributed by atoms with Gasteiger partial charge in [-0.2, -0.15) is 0 Å². The topological polar surface area (TPSA) is 143 Å². The molecule has 0 radical (unpaired) electrons. The first-order valence-electron chi connectivity index (χ1n) is 21.2. The van der Waals surface area contributed by atoms with Gasteiger partial charge in [-0.15, -0.1) is 0 Å². The first kappa shape index (κ1) is 38.3. The number of anilines is 1. The first-order valence-corrected chi connectivity index (χ1v) is 21.2. The molecular formula is C47H47FN6O6. The smallest absolute Gasteiger partial charge is 0.262 e. The van der Waals surface area contributed by atoms with Gasteiger partial charge >= 0.3 is 0 Å². The number of hydrogen-bond acceptors (Lipinski definition) is 9. The van der Waals surface area contributed by atoms with Gasteiger partial charge in [0.05, 0.1) is 17.7 Å². The second kappa shape index (κ2) is 14.9. The van der Waals surface area contributed by atoms with Gasteiger partial charge in [0.15, 0.2) is 0 Å². The number of phenolic OH excluding ortho intramolecular Hbond substituents is 1. The number of phenols is 1. The van der Waals surface area contributed by atoms with Crippen molar-refractivity contribution < 1.29 is 33.5 Å². The number of hydrogen-bond donors (Lipinski definition) is 2. The van der Waals surface area contributed by atoms with Crippen LogP contribution in [0.25, 0.3) is 0 Å². The first-order chi connectivity index (χ1) is 29.0. The van der Waals surface area contributed by atoms with Gasteiger partial charge in [0, 0.05) is 57.8 Å². The van der Waals surface area contributed by atoms with Crippen molar-refractivity contribution in [1.29, 1.82) is 0 Å². The van der Waals surface area contributed by atoms with Crippen LogP contribution in [0.3, 0.4) is 0 Å². The highest BCUT2D eigenvalue weighted by Crippen LogP contribution is 2.48. The lowest BCUT2D eigenvalue weighted by molar-refractivity contribution is -0.137. The van der Waals surface area contributed by atoms with Crippen LogP contribution in [0, 0.1) is 11.2 Å². The summed E-state index contributed by atoms with van der Waals surface area (Å²) in [5, 5.41) is 12.4. The summed E-state index contributed by atoms with van der Waals surface area (Å²) in [5.74, 6) is -0.816. The number of rotatable bonds is 6. The number of imide groups is 2. The number of aromatic hydroxyl groups is 1. The molecule has 6 heterocycles. The van der Waals surface area contributed by atoms with Crippen molar-refractivity contribution in [3.8, 4) is 5.75 Å². The van der Waals surface area contributed by atoms with Crippen molar-refractivity contribution in [3.63, 3.8) is 0 Å². The number of fused-ring (bicyclic) bond motifs is 3. The fourth-order valence-electron chi connectivity index (χ4n) is 10.8. The van der Waals surface area contributed by atoms with Crippen molar-refractivity contribution in [2.45, 2.75) is 82.3 Å². The maximum atomic E-state index is 13.9. The van der Waals surface area contributed by atoms with E-state index in [1.165, 1.54) is 17.7 Å². The molecule has 60 heavy (non-hydrogen) atoms. The molecule has 3 atom stereocenters. The number of piperidine rings is 3. The third-order valence-electron chi connectivity index (χ3n) is 14.2. The van der Waals surface area contributed by atoms with E-state index in [0.29, 0.717) is 13.1 Å². The highest BCUT2D eigenvalue weighted by molar-refractivity contribution is 6.23. The molecule has 308 valence electrons. The van der Waals surface area contributed by atoms with E-state index in [0.717, 1.165) is 103 Å². The molecular weight excluding hydrogens is 764 g/mol. The van der Waals surface area contributed by atoms with Crippen LogP contribution in [0.4, 0.5) is 10.2 Å². The molecule has 0 bridgehead atoms. The Kier molecular flexibility index (Phi) is 9.53. The van der Waals surface area contributed by atoms with Gasteiger partial charge in [0.2, 0.25) is 17.7 Å². The number of carbonyl (C=O) groups is 5. The van der Waals surface area contributed by atoms with Gasteiger partial charge in [-0.05, 0) is 132 Å². The number of amides is 5. The minimum Gasteiger partial charge on any atom is -0.508 e. The van der Waals surface area contributed by atoms with Gasteiger partial charge in [-0.3, -0.25) is 39.1 Å². The summed E-state index contributed by atoms with van der Waals surface area (Å²) in [6.45, 7) is 4.47. The normalized spacial score (nSPS) is 23.8. The zero-order valence-electron chi connectivity index (χ0n) is 33.4. The van der Waals surface area contributed by atoms with E-state index < -0.39 is 29.7 Å². The molecule has 1 aromatic heterocycles. The molecule has 3 fully saturated rings. The Morgan fingerprint density at radius 3 is 2.10 bits per heavy atom. The zero-order chi connectivity index (χ0) is 41.3. The second-order valence-corrected chi connectivity index (χ2v) is 17.6. The second-order valence-electron chi connectivity index (χ2n) is 17.6. The number of aromatic nitrogens is 1. The Morgan fingerprint density at radius 2 is 1.45 bits per heavy atom. The number of benzene rings is 3. The van der Waals surface area contributed by atoms with Crippen LogP contribution >= 0.6 is 0 Å². The molecule has 10 rings (SSSR count). The highest BCUT2D eigenvalue weighted by atomic mass is 19.1. The van der Waals surface area contributed by atoms with E-state index in [1.54, 1.807) is 18.2 Å². The maximum absolute atomic E-state index is 13.9. The molecule has 6 aliphatic rings. The SMILES string of the molecule is O=C1CCC(N2C(=O)c3cc4c(cc3C2=O)CN(CC(=O)N2CCC3(CC2)CCN(c2ccc([C@@H]5c6ccc(O)cc6CC[C@@H]5c5ccc(F)cc5)cn2)CC3)C4)C(=O)N1. The Bertz CT molecular complexity index is 2370. The minimum absolute atomic E-state index is 0.0386. The Hall–Kier alpha value is -5.95. The number of pyridine rings is 1. The third kappa shape index (κ3) is 6.82. The fourth-order valence-corrected chi connectivity index (χ4v) is 10.8. The monoisotopic (exact) mass is 810 g/mol. The zero-order valence-corrected chi connectivity index (χ0v) is 33.4. The molecule has 2 N–H and O–H groups in total. The van der Waals surface area contributed by atoms with E-state index in [-0.39, 0.29) is 65.2 Å². The van der Waals surface area contributed by atoms with Crippen LogP contribution in [0.2, 0.25) is 0 Å². The average Bonchev–Trinajstić information content (AvgIpc) is 3.75. The van der Waals surface area contributed by atoms with Crippen LogP contribution in [-0.4, -0.2) is 93.1 Å². The molecule has 4 aromatic rings. The van der Waals surface area contributed by atoms with Crippen molar-refractivity contribution in [2.24, 2.45) is 5.41 Å². The molecule has 1 aliphatic carbocycles. The number of aryl methyl sites for hydroxylation is 1. The van der Waals surface area contributed by atoms with Gasteiger partial charge in [0.25, 0.3) is 11.8 Å². The largest absolute Gasteiger partial charge is 0.508 e. The lowest BCUT2D eigenvalue weighted by Gasteiger charge is -2.47. The van der Waals surface area contributed by atoms with Gasteiger partial charge in [-0.25, -0.2) is 9.37 Å². The standard InChI is InChI=1S/C47H47FN6O6/c48-33-5-1-28(2-6-33)35-8-3-29-21-34(55)7-9-36(29)43(35)30-4-11-40(49-24-30)52-17-13-47(14-18-52)15-19-53(20-16-47)42(57)27-51-25-31-22-37-38(23-32(31)26-51)46(60)54(45(37)59)39-10-12-41(56)50-44(39)58/h1-2,4-7,9,11,21-24,35,39,43,55H,3,8,10,12-20,25-27H2,(H,50,56,58)/t35-,39?,43+/m1/s1. The van der Waals surface area contributed by atoms with E-state index in [4.69, 9.17) is 4.98 Å². The maximum Gasteiger partial charge on any atom is 0.262 e. The Morgan fingerprint density at radius 1 is 0.783 bits per heavy atom. The van der Waals surface area contributed by atoms with E-state index in [1.807, 2.05) is 35.4 Å². The van der Waals surface area contributed by atoms with E-state index >= 15 is 0 Å². The van der Waals surface area contributed by atoms with Crippen LogP contribution in [0.15, 0.2) is 72.9 Å². The summed E-state index contributed by atoms with van der Waals surface area (Å²) in [6, 6.07) is 19.3. The van der Waals surface area contributed by atoms with E-state index in [9.17, 15) is 33.5 Å². The number of nitrogens with zero attached hydrogens (tertiary/aromatic N) is 5. The molecule has 3 saturated heterocycles. The number of halogens is 1. The summed E-state index contributed by atoms with van der Waals surface area (Å²) >= 11 is 0. The molecule has 0 saturated carbocycles. The minimum atomic E-state index is -1.00. The molecule has 12 nitrogen and oxygen atoms in total. The Labute approximate surface area is 347 Å². The molecule has 13 heteroatoms. The third-order valence-corrected chi connectivity index (χ3v) is 14.2. The predicted molar refractivity (Wildman–Crippen MR) is 219 cm³/mol. The van der Waals surface area contributed by atoms with Crippen molar-refractivity contribution >= 4 is 35.4 Å². The number of nitrogens with one attached hydrogen (secondary N) is 1.